The summed E-state index contributed by atoms with van der Waals surface area (Å²) in [6, 6.07) is 4.78. The summed E-state index contributed by atoms with van der Waals surface area (Å²) < 4.78 is 15.4. The molecule has 0 spiro atoms. The third-order valence-corrected chi connectivity index (χ3v) is 3.97. The number of benzene rings is 1. The van der Waals surface area contributed by atoms with E-state index in [2.05, 4.69) is 16.5 Å². The minimum atomic E-state index is -0.235. The summed E-state index contributed by atoms with van der Waals surface area (Å²) in [7, 11) is 0. The molecule has 96 valence electrons. The summed E-state index contributed by atoms with van der Waals surface area (Å²) >= 11 is 0. The molecule has 18 heavy (non-hydrogen) atoms. The van der Waals surface area contributed by atoms with Gasteiger partial charge in [0.05, 0.1) is 11.0 Å². The van der Waals surface area contributed by atoms with E-state index < -0.39 is 0 Å². The second kappa shape index (κ2) is 4.05. The lowest BCUT2D eigenvalue weighted by molar-refractivity contribution is 0.241. The molecule has 0 atom stereocenters. The second-order valence-corrected chi connectivity index (χ2v) is 5.30. The number of nitrogens with zero attached hydrogens (tertiary/aromatic N) is 2. The van der Waals surface area contributed by atoms with E-state index in [4.69, 9.17) is 5.73 Å². The average molecular weight is 247 g/mol. The van der Waals surface area contributed by atoms with Gasteiger partial charge in [0.15, 0.2) is 0 Å². The molecule has 1 fully saturated rings. The number of aryl methyl sites for hydroxylation is 1. The largest absolute Gasteiger partial charge is 0.328 e. The third-order valence-electron chi connectivity index (χ3n) is 3.97. The van der Waals surface area contributed by atoms with Gasteiger partial charge >= 0.3 is 0 Å². The zero-order valence-corrected chi connectivity index (χ0v) is 10.6. The van der Waals surface area contributed by atoms with Crippen molar-refractivity contribution in [1.29, 1.82) is 0 Å². The van der Waals surface area contributed by atoms with Crippen LogP contribution in [0.5, 0.6) is 0 Å². The van der Waals surface area contributed by atoms with E-state index >= 15 is 0 Å². The van der Waals surface area contributed by atoms with Crippen molar-refractivity contribution in [3.8, 4) is 0 Å². The molecule has 0 radical (unpaired) electrons. The van der Waals surface area contributed by atoms with E-state index in [9.17, 15) is 4.39 Å². The van der Waals surface area contributed by atoms with Crippen molar-refractivity contribution in [2.45, 2.75) is 44.7 Å². The number of imidazole rings is 1. The van der Waals surface area contributed by atoms with Crippen molar-refractivity contribution in [3.63, 3.8) is 0 Å². The molecule has 1 aromatic heterocycles. The van der Waals surface area contributed by atoms with Gasteiger partial charge in [0.1, 0.15) is 11.6 Å². The summed E-state index contributed by atoms with van der Waals surface area (Å²) in [6.07, 6.45) is 4.12. The van der Waals surface area contributed by atoms with Crippen molar-refractivity contribution in [2.75, 3.05) is 0 Å². The number of hydrogen-bond acceptors (Lipinski definition) is 2. The standard InChI is InChI=1S/C14H18FN3/c1-2-18-12-5-4-10(15)8-11(12)17-13(18)9-14(16)6-3-7-14/h4-5,8H,2-3,6-7,9,16H2,1H3. The Morgan fingerprint density at radius 1 is 1.44 bits per heavy atom. The van der Waals surface area contributed by atoms with E-state index in [0.29, 0.717) is 0 Å². The van der Waals surface area contributed by atoms with Crippen LogP contribution in [0.25, 0.3) is 11.0 Å². The number of aromatic nitrogens is 2. The Morgan fingerprint density at radius 3 is 2.83 bits per heavy atom. The highest BCUT2D eigenvalue weighted by Crippen LogP contribution is 2.33. The average Bonchev–Trinajstić information content (AvgIpc) is 2.63. The van der Waals surface area contributed by atoms with Crippen LogP contribution in [0.15, 0.2) is 18.2 Å². The molecule has 3 nitrogen and oxygen atoms in total. The Balaban J connectivity index is 2.05. The highest BCUT2D eigenvalue weighted by molar-refractivity contribution is 5.76. The molecule has 0 aliphatic heterocycles. The third kappa shape index (κ3) is 1.81. The predicted octanol–water partition coefficient (Wildman–Crippen LogP) is 2.62. The minimum absolute atomic E-state index is 0.0904. The first-order chi connectivity index (χ1) is 8.61. The van der Waals surface area contributed by atoms with Gasteiger partial charge in [-0.1, -0.05) is 0 Å². The van der Waals surface area contributed by atoms with Gasteiger partial charge < -0.3 is 10.3 Å². The highest BCUT2D eigenvalue weighted by Gasteiger charge is 2.34. The van der Waals surface area contributed by atoms with Crippen molar-refractivity contribution >= 4 is 11.0 Å². The molecule has 2 N–H and O–H groups in total. The van der Waals surface area contributed by atoms with Crippen LogP contribution < -0.4 is 5.73 Å². The molecule has 1 aliphatic rings. The fourth-order valence-corrected chi connectivity index (χ4v) is 2.76. The van der Waals surface area contributed by atoms with Gasteiger partial charge in [-0.15, -0.1) is 0 Å². The number of hydrogen-bond donors (Lipinski definition) is 1. The molecular formula is C14H18FN3. The fourth-order valence-electron chi connectivity index (χ4n) is 2.76. The van der Waals surface area contributed by atoms with E-state index in [0.717, 1.165) is 42.7 Å². The molecule has 0 amide bonds. The number of fused-ring (bicyclic) bond motifs is 1. The summed E-state index contributed by atoms with van der Waals surface area (Å²) in [4.78, 5) is 4.55. The van der Waals surface area contributed by atoms with Crippen LogP contribution in [0.2, 0.25) is 0 Å². The minimum Gasteiger partial charge on any atom is -0.328 e. The Labute approximate surface area is 106 Å². The maximum atomic E-state index is 13.2. The molecular weight excluding hydrogens is 229 g/mol. The first kappa shape index (κ1) is 11.7. The molecule has 3 rings (SSSR count). The van der Waals surface area contributed by atoms with Crippen molar-refractivity contribution in [2.24, 2.45) is 5.73 Å². The lowest BCUT2D eigenvalue weighted by Gasteiger charge is -2.37. The van der Waals surface area contributed by atoms with E-state index in [1.54, 1.807) is 6.07 Å². The zero-order valence-electron chi connectivity index (χ0n) is 10.6. The predicted molar refractivity (Wildman–Crippen MR) is 69.8 cm³/mol. The highest BCUT2D eigenvalue weighted by atomic mass is 19.1. The Kier molecular flexibility index (Phi) is 2.63. The van der Waals surface area contributed by atoms with Crippen molar-refractivity contribution in [3.05, 3.63) is 29.8 Å². The van der Waals surface area contributed by atoms with Gasteiger partial charge in [-0.3, -0.25) is 0 Å². The molecule has 0 bridgehead atoms. The Hall–Kier alpha value is -1.42. The Bertz CT molecular complexity index is 584. The summed E-state index contributed by atoms with van der Waals surface area (Å²) in [5.74, 6) is 0.751. The molecule has 1 saturated carbocycles. The molecule has 4 heteroatoms. The zero-order chi connectivity index (χ0) is 12.8. The van der Waals surface area contributed by atoms with Gasteiger partial charge in [0.25, 0.3) is 0 Å². The molecule has 2 aromatic rings. The monoisotopic (exact) mass is 247 g/mol. The summed E-state index contributed by atoms with van der Waals surface area (Å²) in [5.41, 5.74) is 7.92. The molecule has 1 aromatic carbocycles. The van der Waals surface area contributed by atoms with Crippen LogP contribution in [0, 0.1) is 5.82 Å². The van der Waals surface area contributed by atoms with Gasteiger partial charge in [0.2, 0.25) is 0 Å². The molecule has 1 heterocycles. The lowest BCUT2D eigenvalue weighted by Crippen LogP contribution is -2.48. The van der Waals surface area contributed by atoms with Gasteiger partial charge in [-0.2, -0.15) is 0 Å². The summed E-state index contributed by atoms with van der Waals surface area (Å²) in [6.45, 7) is 2.92. The first-order valence-electron chi connectivity index (χ1n) is 6.55. The Morgan fingerprint density at radius 2 is 2.22 bits per heavy atom. The maximum absolute atomic E-state index is 13.2. The number of nitrogens with two attached hydrogens (primary N) is 1. The van der Waals surface area contributed by atoms with Crippen LogP contribution in [-0.2, 0) is 13.0 Å². The van der Waals surface area contributed by atoms with Crippen LogP contribution in [0.3, 0.4) is 0 Å². The lowest BCUT2D eigenvalue weighted by atomic mass is 9.75. The smallest absolute Gasteiger partial charge is 0.125 e. The fraction of sp³-hybridized carbons (Fsp3) is 0.500. The SMILES string of the molecule is CCn1c(CC2(N)CCC2)nc2cc(F)ccc21. The first-order valence-corrected chi connectivity index (χ1v) is 6.55. The van der Waals surface area contributed by atoms with E-state index in [1.807, 2.05) is 0 Å². The molecule has 0 saturated heterocycles. The van der Waals surface area contributed by atoms with E-state index in [-0.39, 0.29) is 11.4 Å². The van der Waals surface area contributed by atoms with Crippen LogP contribution in [0.1, 0.15) is 32.0 Å². The van der Waals surface area contributed by atoms with Crippen molar-refractivity contribution < 1.29 is 4.39 Å². The van der Waals surface area contributed by atoms with Crippen LogP contribution >= 0.6 is 0 Å². The number of halogens is 1. The molecule has 1 aliphatic carbocycles. The van der Waals surface area contributed by atoms with Crippen LogP contribution in [0.4, 0.5) is 4.39 Å². The number of rotatable bonds is 3. The maximum Gasteiger partial charge on any atom is 0.125 e. The van der Waals surface area contributed by atoms with Gasteiger partial charge in [0, 0.05) is 24.6 Å². The molecule has 0 unspecified atom stereocenters. The van der Waals surface area contributed by atoms with E-state index in [1.165, 1.54) is 18.6 Å². The quantitative estimate of drug-likeness (QED) is 0.906. The second-order valence-electron chi connectivity index (χ2n) is 5.30. The topological polar surface area (TPSA) is 43.8 Å². The summed E-state index contributed by atoms with van der Waals surface area (Å²) in [5, 5.41) is 0. The van der Waals surface area contributed by atoms with Gasteiger partial charge in [-0.05, 0) is 38.3 Å². The normalized spacial score (nSPS) is 17.9. The van der Waals surface area contributed by atoms with Crippen LogP contribution in [-0.4, -0.2) is 15.1 Å². The van der Waals surface area contributed by atoms with Crippen molar-refractivity contribution in [1.82, 2.24) is 9.55 Å². The van der Waals surface area contributed by atoms with Gasteiger partial charge in [-0.25, -0.2) is 9.37 Å².